The molecule has 3 N–H and O–H groups in total. The van der Waals surface area contributed by atoms with Crippen LogP contribution in [0.3, 0.4) is 0 Å². The lowest BCUT2D eigenvalue weighted by Gasteiger charge is -2.61. The molecule has 4 saturated carbocycles. The predicted octanol–water partition coefficient (Wildman–Crippen LogP) is 3.36. The summed E-state index contributed by atoms with van der Waals surface area (Å²) in [6.07, 6.45) is 8.10. The zero-order valence-corrected chi connectivity index (χ0v) is 15.6. The molecule has 0 aliphatic heterocycles. The summed E-state index contributed by atoms with van der Waals surface area (Å²) in [6, 6.07) is 0. The van der Waals surface area contributed by atoms with Gasteiger partial charge in [-0.05, 0) is 92.8 Å². The van der Waals surface area contributed by atoms with Gasteiger partial charge in [-0.25, -0.2) is 0 Å². The van der Waals surface area contributed by atoms with Gasteiger partial charge >= 0.3 is 0 Å². The molecule has 0 aromatic rings. The molecule has 138 valence electrons. The van der Waals surface area contributed by atoms with E-state index < -0.39 is 6.10 Å². The van der Waals surface area contributed by atoms with Gasteiger partial charge in [0.2, 0.25) is 0 Å². The van der Waals surface area contributed by atoms with Crippen molar-refractivity contribution in [1.82, 2.24) is 0 Å². The van der Waals surface area contributed by atoms with Crippen LogP contribution >= 0.6 is 0 Å². The van der Waals surface area contributed by atoms with Crippen LogP contribution in [0.4, 0.5) is 0 Å². The number of fused-ring (bicyclic) bond motifs is 5. The van der Waals surface area contributed by atoms with Crippen LogP contribution in [0.15, 0.2) is 0 Å². The zero-order chi connectivity index (χ0) is 17.3. The Hall–Kier alpha value is -0.120. The van der Waals surface area contributed by atoms with Gasteiger partial charge in [0.15, 0.2) is 0 Å². The molecule has 0 aromatic carbocycles. The Balaban J connectivity index is 1.63. The van der Waals surface area contributed by atoms with Crippen molar-refractivity contribution in [1.29, 1.82) is 0 Å². The minimum atomic E-state index is -0.414. The van der Waals surface area contributed by atoms with Crippen molar-refractivity contribution in [3.8, 4) is 0 Å². The first kappa shape index (κ1) is 17.3. The van der Waals surface area contributed by atoms with Gasteiger partial charge in [0.25, 0.3) is 0 Å². The number of hydrogen-bond acceptors (Lipinski definition) is 3. The van der Waals surface area contributed by atoms with Crippen molar-refractivity contribution in [3.63, 3.8) is 0 Å². The van der Waals surface area contributed by atoms with Crippen LogP contribution in [0.2, 0.25) is 0 Å². The van der Waals surface area contributed by atoms with Crippen LogP contribution in [-0.2, 0) is 0 Å². The van der Waals surface area contributed by atoms with Crippen LogP contribution in [-0.4, -0.2) is 33.6 Å². The fourth-order valence-corrected chi connectivity index (χ4v) is 8.16. The molecule has 10 atom stereocenters. The summed E-state index contributed by atoms with van der Waals surface area (Å²) in [6.45, 7) is 6.72. The highest BCUT2D eigenvalue weighted by Crippen LogP contribution is 2.67. The Morgan fingerprint density at radius 3 is 2.29 bits per heavy atom. The highest BCUT2D eigenvalue weighted by molar-refractivity contribution is 5.11. The van der Waals surface area contributed by atoms with Gasteiger partial charge in [0.05, 0.1) is 18.3 Å². The second kappa shape index (κ2) is 5.69. The lowest BCUT2D eigenvalue weighted by Crippen LogP contribution is -2.54. The Bertz CT molecular complexity index is 491. The van der Waals surface area contributed by atoms with Crippen molar-refractivity contribution < 1.29 is 15.3 Å². The molecule has 3 heteroatoms. The molecule has 4 aliphatic carbocycles. The van der Waals surface area contributed by atoms with Crippen LogP contribution in [0.1, 0.15) is 72.1 Å². The number of rotatable bonds is 1. The van der Waals surface area contributed by atoms with Crippen LogP contribution in [0, 0.1) is 40.4 Å². The van der Waals surface area contributed by atoms with E-state index in [4.69, 9.17) is 0 Å². The molecule has 0 bridgehead atoms. The van der Waals surface area contributed by atoms with Crippen LogP contribution < -0.4 is 0 Å². The van der Waals surface area contributed by atoms with E-state index >= 15 is 0 Å². The summed E-state index contributed by atoms with van der Waals surface area (Å²) < 4.78 is 0. The van der Waals surface area contributed by atoms with E-state index in [1.165, 1.54) is 25.7 Å². The highest BCUT2D eigenvalue weighted by Gasteiger charge is 2.62. The molecule has 24 heavy (non-hydrogen) atoms. The highest BCUT2D eigenvalue weighted by atomic mass is 16.3. The zero-order valence-electron chi connectivity index (χ0n) is 15.6. The molecule has 4 rings (SSSR count). The minimum absolute atomic E-state index is 0.0437. The fourth-order valence-electron chi connectivity index (χ4n) is 8.16. The summed E-state index contributed by atoms with van der Waals surface area (Å²) in [4.78, 5) is 0. The standard InChI is InChI=1S/C21H36O3/c1-12(22)19-18(24)11-17-15-5-4-13-10-14(23)6-8-20(13,2)16(15)7-9-21(17,19)3/h12-19,22-24H,4-11H2,1-3H3/t12-,13-,14-,15+,16-,17-,18-,19-,20-,21-/m0/s1. The van der Waals surface area contributed by atoms with Crippen molar-refractivity contribution in [2.75, 3.05) is 0 Å². The topological polar surface area (TPSA) is 60.7 Å². The Morgan fingerprint density at radius 2 is 1.58 bits per heavy atom. The number of aliphatic hydroxyl groups excluding tert-OH is 3. The quantitative estimate of drug-likeness (QED) is 0.688. The van der Waals surface area contributed by atoms with Gasteiger partial charge < -0.3 is 15.3 Å². The Labute approximate surface area is 146 Å². The third kappa shape index (κ3) is 2.27. The van der Waals surface area contributed by atoms with Gasteiger partial charge in [0.1, 0.15) is 0 Å². The molecule has 0 amide bonds. The fraction of sp³-hybridized carbons (Fsp3) is 1.00. The molecule has 0 unspecified atom stereocenters. The van der Waals surface area contributed by atoms with Crippen molar-refractivity contribution in [2.24, 2.45) is 40.4 Å². The van der Waals surface area contributed by atoms with E-state index in [2.05, 4.69) is 13.8 Å². The lowest BCUT2D eigenvalue weighted by molar-refractivity contribution is -0.133. The SMILES string of the molecule is C[C@H](O)[C@H]1[C@@H](O)C[C@H]2[C@@H]3CC[C@H]4C[C@@H](O)CC[C@]4(C)[C@H]3CC[C@]12C. The van der Waals surface area contributed by atoms with Gasteiger partial charge in [-0.3, -0.25) is 0 Å². The maximum absolute atomic E-state index is 10.7. The molecular formula is C21H36O3. The van der Waals surface area contributed by atoms with Gasteiger partial charge in [-0.1, -0.05) is 13.8 Å². The second-order valence-electron chi connectivity index (χ2n) is 10.2. The summed E-state index contributed by atoms with van der Waals surface area (Å²) in [5.41, 5.74) is 0.490. The van der Waals surface area contributed by atoms with E-state index in [0.717, 1.165) is 31.6 Å². The lowest BCUT2D eigenvalue weighted by atomic mass is 9.44. The maximum atomic E-state index is 10.7. The summed E-state index contributed by atoms with van der Waals surface area (Å²) in [7, 11) is 0. The first-order valence-electron chi connectivity index (χ1n) is 10.3. The molecule has 4 aliphatic rings. The minimum Gasteiger partial charge on any atom is -0.393 e. The molecule has 0 spiro atoms. The maximum Gasteiger partial charge on any atom is 0.0601 e. The summed E-state index contributed by atoms with van der Waals surface area (Å²) >= 11 is 0. The smallest absolute Gasteiger partial charge is 0.0601 e. The van der Waals surface area contributed by atoms with Crippen LogP contribution in [0.5, 0.6) is 0 Å². The van der Waals surface area contributed by atoms with Gasteiger partial charge in [-0.15, -0.1) is 0 Å². The largest absolute Gasteiger partial charge is 0.393 e. The Morgan fingerprint density at radius 1 is 0.875 bits per heavy atom. The second-order valence-corrected chi connectivity index (χ2v) is 10.2. The Kier molecular flexibility index (Phi) is 4.10. The molecule has 0 aromatic heterocycles. The first-order chi connectivity index (χ1) is 11.3. The molecule has 0 saturated heterocycles. The van der Waals surface area contributed by atoms with Gasteiger partial charge in [0, 0.05) is 5.92 Å². The van der Waals surface area contributed by atoms with E-state index in [-0.39, 0.29) is 23.5 Å². The average Bonchev–Trinajstić information content (AvgIpc) is 2.78. The van der Waals surface area contributed by atoms with Gasteiger partial charge in [-0.2, -0.15) is 0 Å². The molecule has 0 radical (unpaired) electrons. The predicted molar refractivity (Wildman–Crippen MR) is 94.3 cm³/mol. The van der Waals surface area contributed by atoms with Crippen LogP contribution in [0.25, 0.3) is 0 Å². The monoisotopic (exact) mass is 336 g/mol. The van der Waals surface area contributed by atoms with Crippen molar-refractivity contribution >= 4 is 0 Å². The van der Waals surface area contributed by atoms with E-state index in [1.807, 2.05) is 6.92 Å². The van der Waals surface area contributed by atoms with E-state index in [1.54, 1.807) is 0 Å². The molecular weight excluding hydrogens is 300 g/mol. The van der Waals surface area contributed by atoms with E-state index in [9.17, 15) is 15.3 Å². The molecule has 0 heterocycles. The van der Waals surface area contributed by atoms with E-state index in [0.29, 0.717) is 23.2 Å². The summed E-state index contributed by atoms with van der Waals surface area (Å²) in [5, 5.41) is 31.1. The summed E-state index contributed by atoms with van der Waals surface area (Å²) in [5.74, 6) is 2.75. The third-order valence-electron chi connectivity index (χ3n) is 9.27. The normalized spacial score (nSPS) is 58.5. The number of aliphatic hydroxyl groups is 3. The third-order valence-corrected chi connectivity index (χ3v) is 9.27. The molecule has 3 nitrogen and oxygen atoms in total. The van der Waals surface area contributed by atoms with Crippen molar-refractivity contribution in [3.05, 3.63) is 0 Å². The average molecular weight is 337 g/mol. The van der Waals surface area contributed by atoms with Crippen molar-refractivity contribution in [2.45, 2.75) is 90.4 Å². The number of hydrogen-bond donors (Lipinski definition) is 3. The first-order valence-corrected chi connectivity index (χ1v) is 10.3. The molecule has 4 fully saturated rings.